The van der Waals surface area contributed by atoms with Crippen molar-refractivity contribution in [3.05, 3.63) is 18.0 Å². The van der Waals surface area contributed by atoms with Crippen LogP contribution in [-0.2, 0) is 23.2 Å². The summed E-state index contributed by atoms with van der Waals surface area (Å²) < 4.78 is 28.2. The number of likely N-dealkylation sites (N-methyl/N-ethyl adjacent to an activating group) is 1. The molecule has 18 heavy (non-hydrogen) atoms. The number of hydrogen-bond donors (Lipinski definition) is 2. The minimum absolute atomic E-state index is 0.166. The van der Waals surface area contributed by atoms with E-state index in [2.05, 4.69) is 4.72 Å². The Hall–Kier alpha value is -0.890. The highest BCUT2D eigenvalue weighted by Crippen LogP contribution is 2.14. The normalized spacial score (nSPS) is 12.3. The average Bonchev–Trinajstić information content (AvgIpc) is 2.71. The van der Waals surface area contributed by atoms with Crippen LogP contribution in [0, 0.1) is 0 Å². The van der Waals surface area contributed by atoms with Gasteiger partial charge in [-0.1, -0.05) is 0 Å². The second-order valence-corrected chi connectivity index (χ2v) is 6.08. The van der Waals surface area contributed by atoms with Crippen molar-refractivity contribution in [2.45, 2.75) is 25.0 Å². The minimum atomic E-state index is -3.49. The molecule has 0 aromatic carbocycles. The number of aromatic nitrogens is 1. The van der Waals surface area contributed by atoms with Gasteiger partial charge in [0.25, 0.3) is 0 Å². The Kier molecular flexibility index (Phi) is 5.33. The van der Waals surface area contributed by atoms with Crippen LogP contribution in [0.3, 0.4) is 0 Å². The number of aliphatic hydroxyl groups is 1. The van der Waals surface area contributed by atoms with Gasteiger partial charge < -0.3 is 14.6 Å². The molecule has 0 spiro atoms. The number of rotatable bonds is 7. The molecule has 0 unspecified atom stereocenters. The maximum atomic E-state index is 12.0. The van der Waals surface area contributed by atoms with E-state index in [1.54, 1.807) is 10.8 Å². The van der Waals surface area contributed by atoms with Crippen molar-refractivity contribution in [2.24, 2.45) is 0 Å². The Morgan fingerprint density at radius 1 is 1.44 bits per heavy atom. The second kappa shape index (κ2) is 6.33. The number of aryl methyl sites for hydroxylation is 1. The summed E-state index contributed by atoms with van der Waals surface area (Å²) in [6.07, 6.45) is 1.55. The van der Waals surface area contributed by atoms with Crippen molar-refractivity contribution in [2.75, 3.05) is 27.2 Å². The molecule has 2 N–H and O–H groups in total. The zero-order valence-electron chi connectivity index (χ0n) is 11.0. The molecule has 0 atom stereocenters. The summed E-state index contributed by atoms with van der Waals surface area (Å²) in [4.78, 5) is 2.10. The molecule has 1 aromatic rings. The molecule has 7 heteroatoms. The monoisotopic (exact) mass is 275 g/mol. The summed E-state index contributed by atoms with van der Waals surface area (Å²) in [5, 5.41) is 9.13. The quantitative estimate of drug-likeness (QED) is 0.725. The Morgan fingerprint density at radius 3 is 2.56 bits per heavy atom. The zero-order valence-corrected chi connectivity index (χ0v) is 11.9. The van der Waals surface area contributed by atoms with Crippen molar-refractivity contribution in [3.8, 4) is 0 Å². The van der Waals surface area contributed by atoms with Crippen molar-refractivity contribution in [1.82, 2.24) is 14.2 Å². The van der Waals surface area contributed by atoms with E-state index in [1.165, 1.54) is 6.07 Å². The summed E-state index contributed by atoms with van der Waals surface area (Å²) in [7, 11) is 0.275. The third-order valence-corrected chi connectivity index (χ3v) is 4.05. The van der Waals surface area contributed by atoms with Crippen LogP contribution in [0.5, 0.6) is 0 Å². The predicted molar refractivity (Wildman–Crippen MR) is 69.8 cm³/mol. The summed E-state index contributed by atoms with van der Waals surface area (Å²) in [5.74, 6) is 0. The SMILES string of the molecule is CCn1cc(S(=O)(=O)NCCN(C)C)cc1CO. The van der Waals surface area contributed by atoms with Gasteiger partial charge in [0.2, 0.25) is 10.0 Å². The highest BCUT2D eigenvalue weighted by Gasteiger charge is 2.17. The number of aliphatic hydroxyl groups excluding tert-OH is 1. The molecule has 1 heterocycles. The van der Waals surface area contributed by atoms with Gasteiger partial charge >= 0.3 is 0 Å². The summed E-state index contributed by atoms with van der Waals surface area (Å²) in [5.41, 5.74) is 0.602. The highest BCUT2D eigenvalue weighted by molar-refractivity contribution is 7.89. The maximum absolute atomic E-state index is 12.0. The van der Waals surface area contributed by atoms with E-state index in [4.69, 9.17) is 5.11 Å². The van der Waals surface area contributed by atoms with E-state index >= 15 is 0 Å². The Balaban J connectivity index is 2.81. The lowest BCUT2D eigenvalue weighted by atomic mass is 10.4. The molecule has 1 rings (SSSR count). The summed E-state index contributed by atoms with van der Waals surface area (Å²) in [6.45, 7) is 3.36. The Bertz CT molecular complexity index is 458. The van der Waals surface area contributed by atoms with Crippen LogP contribution < -0.4 is 4.72 Å². The van der Waals surface area contributed by atoms with Crippen molar-refractivity contribution in [3.63, 3.8) is 0 Å². The number of sulfonamides is 1. The third-order valence-electron chi connectivity index (χ3n) is 2.62. The van der Waals surface area contributed by atoms with Gasteiger partial charge in [0.1, 0.15) is 0 Å². The van der Waals surface area contributed by atoms with Crippen molar-refractivity contribution < 1.29 is 13.5 Å². The van der Waals surface area contributed by atoms with E-state index in [1.807, 2.05) is 25.9 Å². The molecule has 104 valence electrons. The smallest absolute Gasteiger partial charge is 0.242 e. The van der Waals surface area contributed by atoms with Gasteiger partial charge in [-0.25, -0.2) is 13.1 Å². The molecule has 0 saturated carbocycles. The van der Waals surface area contributed by atoms with Gasteiger partial charge in [-0.05, 0) is 27.1 Å². The first-order valence-corrected chi connectivity index (χ1v) is 7.33. The fourth-order valence-corrected chi connectivity index (χ4v) is 2.67. The summed E-state index contributed by atoms with van der Waals surface area (Å²) in [6, 6.07) is 1.50. The first-order chi connectivity index (χ1) is 8.40. The van der Waals surface area contributed by atoms with Crippen molar-refractivity contribution >= 4 is 10.0 Å². The molecular formula is C11H21N3O3S. The molecule has 1 aromatic heterocycles. The van der Waals surface area contributed by atoms with Crippen LogP contribution in [0.2, 0.25) is 0 Å². The molecule has 0 aliphatic carbocycles. The Labute approximate surface area is 108 Å². The van der Waals surface area contributed by atoms with E-state index < -0.39 is 10.0 Å². The standard InChI is InChI=1S/C11H21N3O3S/c1-4-14-8-11(7-10(14)9-15)18(16,17)12-5-6-13(2)3/h7-8,12,15H,4-6,9H2,1-3H3. The zero-order chi connectivity index (χ0) is 13.8. The first-order valence-electron chi connectivity index (χ1n) is 5.85. The second-order valence-electron chi connectivity index (χ2n) is 4.31. The topological polar surface area (TPSA) is 74.6 Å². The van der Waals surface area contributed by atoms with E-state index in [0.29, 0.717) is 25.3 Å². The fourth-order valence-electron chi connectivity index (χ4n) is 1.59. The molecule has 0 amide bonds. The van der Waals surface area contributed by atoms with Crippen LogP contribution in [0.25, 0.3) is 0 Å². The molecule has 0 saturated heterocycles. The molecule has 6 nitrogen and oxygen atoms in total. The van der Waals surface area contributed by atoms with Gasteiger partial charge in [0, 0.05) is 31.5 Å². The van der Waals surface area contributed by atoms with Gasteiger partial charge in [0.05, 0.1) is 11.5 Å². The largest absolute Gasteiger partial charge is 0.390 e. The molecule has 0 aliphatic heterocycles. The van der Waals surface area contributed by atoms with Gasteiger partial charge in [-0.2, -0.15) is 0 Å². The average molecular weight is 275 g/mol. The van der Waals surface area contributed by atoms with Crippen LogP contribution in [0.4, 0.5) is 0 Å². The number of nitrogens with zero attached hydrogens (tertiary/aromatic N) is 2. The minimum Gasteiger partial charge on any atom is -0.390 e. The van der Waals surface area contributed by atoms with Crippen LogP contribution >= 0.6 is 0 Å². The van der Waals surface area contributed by atoms with Gasteiger partial charge in [0.15, 0.2) is 0 Å². The molecule has 0 fully saturated rings. The number of hydrogen-bond acceptors (Lipinski definition) is 4. The third kappa shape index (κ3) is 3.81. The van der Waals surface area contributed by atoms with Crippen LogP contribution in [0.15, 0.2) is 17.2 Å². The lowest BCUT2D eigenvalue weighted by Gasteiger charge is -2.10. The molecule has 0 bridgehead atoms. The van der Waals surface area contributed by atoms with Crippen molar-refractivity contribution in [1.29, 1.82) is 0 Å². The molecule has 0 radical (unpaired) electrons. The lowest BCUT2D eigenvalue weighted by molar-refractivity contribution is 0.271. The van der Waals surface area contributed by atoms with Gasteiger partial charge in [-0.15, -0.1) is 0 Å². The van der Waals surface area contributed by atoms with E-state index in [0.717, 1.165) is 0 Å². The molecular weight excluding hydrogens is 254 g/mol. The molecule has 0 aliphatic rings. The van der Waals surface area contributed by atoms with Crippen LogP contribution in [-0.4, -0.2) is 50.2 Å². The first kappa shape index (κ1) is 15.2. The fraction of sp³-hybridized carbons (Fsp3) is 0.636. The van der Waals surface area contributed by atoms with Crippen LogP contribution in [0.1, 0.15) is 12.6 Å². The number of nitrogens with one attached hydrogen (secondary N) is 1. The highest BCUT2D eigenvalue weighted by atomic mass is 32.2. The summed E-state index contributed by atoms with van der Waals surface area (Å²) >= 11 is 0. The van der Waals surface area contributed by atoms with Gasteiger partial charge in [-0.3, -0.25) is 0 Å². The maximum Gasteiger partial charge on any atom is 0.242 e. The predicted octanol–water partition coefficient (Wildman–Crippen LogP) is -0.160. The lowest BCUT2D eigenvalue weighted by Crippen LogP contribution is -2.31. The van der Waals surface area contributed by atoms with E-state index in [9.17, 15) is 8.42 Å². The van der Waals surface area contributed by atoms with E-state index in [-0.39, 0.29) is 11.5 Å². The Morgan fingerprint density at radius 2 is 2.11 bits per heavy atom.